The molecule has 0 radical (unpaired) electrons. The first-order chi connectivity index (χ1) is 8.72. The average molecular weight is 249 g/mol. The number of hydrogen-bond donors (Lipinski definition) is 1. The summed E-state index contributed by atoms with van der Waals surface area (Å²) in [6.07, 6.45) is 4.37. The minimum absolute atomic E-state index is 0.301. The molecule has 2 unspecified atom stereocenters. The van der Waals surface area contributed by atoms with E-state index in [4.69, 9.17) is 4.74 Å². The van der Waals surface area contributed by atoms with Crippen LogP contribution in [0.1, 0.15) is 26.7 Å². The number of pyridine rings is 1. The monoisotopic (exact) mass is 249 g/mol. The molecule has 18 heavy (non-hydrogen) atoms. The minimum atomic E-state index is 0.301. The van der Waals surface area contributed by atoms with Crippen molar-refractivity contribution >= 4 is 11.5 Å². The molecule has 0 spiro atoms. The van der Waals surface area contributed by atoms with Crippen molar-refractivity contribution in [2.45, 2.75) is 38.8 Å². The van der Waals surface area contributed by atoms with Gasteiger partial charge in [-0.1, -0.05) is 6.92 Å². The molecule has 1 aromatic heterocycles. The molecule has 0 aliphatic carbocycles. The first-order valence-corrected chi connectivity index (χ1v) is 6.76. The van der Waals surface area contributed by atoms with Gasteiger partial charge in [0.25, 0.3) is 0 Å². The molecule has 1 N–H and O–H groups in total. The van der Waals surface area contributed by atoms with Crippen molar-refractivity contribution in [2.75, 3.05) is 30.4 Å². The van der Waals surface area contributed by atoms with Gasteiger partial charge >= 0.3 is 0 Å². The van der Waals surface area contributed by atoms with Crippen LogP contribution in [0.3, 0.4) is 0 Å². The highest BCUT2D eigenvalue weighted by atomic mass is 16.5. The van der Waals surface area contributed by atoms with E-state index in [1.54, 1.807) is 0 Å². The second-order valence-electron chi connectivity index (χ2n) is 4.87. The quantitative estimate of drug-likeness (QED) is 0.870. The number of ether oxygens (including phenoxy) is 1. The van der Waals surface area contributed by atoms with Gasteiger partial charge in [-0.3, -0.25) is 0 Å². The lowest BCUT2D eigenvalue weighted by molar-refractivity contribution is 0.118. The molecule has 2 heterocycles. The number of hydrogen-bond acceptors (Lipinski definition) is 4. The van der Waals surface area contributed by atoms with Gasteiger partial charge in [0.15, 0.2) is 0 Å². The Morgan fingerprint density at radius 3 is 3.06 bits per heavy atom. The highest BCUT2D eigenvalue weighted by Crippen LogP contribution is 2.25. The summed E-state index contributed by atoms with van der Waals surface area (Å²) in [5.74, 6) is 0.952. The third-order valence-corrected chi connectivity index (χ3v) is 3.54. The van der Waals surface area contributed by atoms with Gasteiger partial charge in [0.1, 0.15) is 5.82 Å². The lowest BCUT2D eigenvalue weighted by atomic mass is 10.1. The largest absolute Gasteiger partial charge is 0.376 e. The van der Waals surface area contributed by atoms with Crippen LogP contribution in [0.4, 0.5) is 11.5 Å². The van der Waals surface area contributed by atoms with E-state index in [2.05, 4.69) is 48.2 Å². The van der Waals surface area contributed by atoms with Gasteiger partial charge in [0.2, 0.25) is 0 Å². The fourth-order valence-electron chi connectivity index (χ4n) is 2.41. The molecule has 4 nitrogen and oxygen atoms in total. The summed E-state index contributed by atoms with van der Waals surface area (Å²) in [4.78, 5) is 6.64. The van der Waals surface area contributed by atoms with E-state index < -0.39 is 0 Å². The predicted octanol–water partition coefficient (Wildman–Crippen LogP) is 2.52. The zero-order chi connectivity index (χ0) is 13.0. The van der Waals surface area contributed by atoms with E-state index in [9.17, 15) is 0 Å². The maximum atomic E-state index is 5.63. The Hall–Kier alpha value is -1.29. The van der Waals surface area contributed by atoms with Gasteiger partial charge in [-0.05, 0) is 25.8 Å². The number of nitrogens with one attached hydrogen (secondary N) is 1. The normalized spacial score (nSPS) is 23.1. The zero-order valence-electron chi connectivity index (χ0n) is 11.5. The predicted molar refractivity (Wildman–Crippen MR) is 75.2 cm³/mol. The highest BCUT2D eigenvalue weighted by Gasteiger charge is 2.28. The van der Waals surface area contributed by atoms with Crippen molar-refractivity contribution in [3.05, 3.63) is 18.3 Å². The van der Waals surface area contributed by atoms with E-state index in [0.717, 1.165) is 31.8 Å². The van der Waals surface area contributed by atoms with Crippen LogP contribution in [0.25, 0.3) is 0 Å². The fraction of sp³-hybridized carbons (Fsp3) is 0.643. The van der Waals surface area contributed by atoms with Crippen LogP contribution >= 0.6 is 0 Å². The standard InChI is InChI=1S/C14H23N3O/c1-4-7-15-14-10-12(5-8-16-14)17(3)13-6-9-18-11(13)2/h5,8,10-11,13H,4,6-7,9H2,1-3H3,(H,15,16). The number of likely N-dealkylation sites (N-methyl/N-ethyl adjacent to an activating group) is 1. The van der Waals surface area contributed by atoms with E-state index in [1.165, 1.54) is 5.69 Å². The van der Waals surface area contributed by atoms with E-state index in [-0.39, 0.29) is 0 Å². The SMILES string of the molecule is CCCNc1cc(N(C)C2CCOC2C)ccn1. The summed E-state index contributed by atoms with van der Waals surface area (Å²) in [5, 5.41) is 3.32. The fourth-order valence-corrected chi connectivity index (χ4v) is 2.41. The van der Waals surface area contributed by atoms with Crippen molar-refractivity contribution in [3.63, 3.8) is 0 Å². The van der Waals surface area contributed by atoms with Gasteiger partial charge in [-0.25, -0.2) is 4.98 Å². The molecule has 1 aliphatic heterocycles. The maximum Gasteiger partial charge on any atom is 0.127 e. The van der Waals surface area contributed by atoms with Crippen molar-refractivity contribution in [1.82, 2.24) is 4.98 Å². The van der Waals surface area contributed by atoms with Crippen LogP contribution in [-0.2, 0) is 4.74 Å². The molecule has 2 atom stereocenters. The molecule has 1 fully saturated rings. The van der Waals surface area contributed by atoms with Crippen LogP contribution in [0.2, 0.25) is 0 Å². The Labute approximate surface area is 109 Å². The number of aromatic nitrogens is 1. The number of nitrogens with zero attached hydrogens (tertiary/aromatic N) is 2. The molecule has 2 rings (SSSR count). The van der Waals surface area contributed by atoms with Crippen LogP contribution < -0.4 is 10.2 Å². The topological polar surface area (TPSA) is 37.4 Å². The molecule has 0 amide bonds. The molecule has 100 valence electrons. The Bertz CT molecular complexity index is 383. The molecule has 0 aromatic carbocycles. The summed E-state index contributed by atoms with van der Waals surface area (Å²) in [6, 6.07) is 4.63. The third-order valence-electron chi connectivity index (χ3n) is 3.54. The molecular weight excluding hydrogens is 226 g/mol. The first-order valence-electron chi connectivity index (χ1n) is 6.76. The van der Waals surface area contributed by atoms with Gasteiger partial charge in [0, 0.05) is 38.1 Å². The van der Waals surface area contributed by atoms with Crippen molar-refractivity contribution in [1.29, 1.82) is 0 Å². The van der Waals surface area contributed by atoms with E-state index in [1.807, 2.05) is 6.20 Å². The third kappa shape index (κ3) is 2.93. The average Bonchev–Trinajstić information content (AvgIpc) is 2.82. The lowest BCUT2D eigenvalue weighted by Gasteiger charge is -2.29. The molecule has 1 aliphatic rings. The van der Waals surface area contributed by atoms with Crippen LogP contribution in [0, 0.1) is 0 Å². The summed E-state index contributed by atoms with van der Waals surface area (Å²) in [6.45, 7) is 6.12. The van der Waals surface area contributed by atoms with Gasteiger partial charge in [-0.2, -0.15) is 0 Å². The molecule has 1 saturated heterocycles. The zero-order valence-corrected chi connectivity index (χ0v) is 11.5. The minimum Gasteiger partial charge on any atom is -0.376 e. The van der Waals surface area contributed by atoms with Crippen molar-refractivity contribution in [2.24, 2.45) is 0 Å². The maximum absolute atomic E-state index is 5.63. The first kappa shape index (κ1) is 13.1. The Kier molecular flexibility index (Phi) is 4.42. The number of rotatable bonds is 5. The highest BCUT2D eigenvalue weighted by molar-refractivity contribution is 5.54. The van der Waals surface area contributed by atoms with Crippen molar-refractivity contribution in [3.8, 4) is 0 Å². The lowest BCUT2D eigenvalue weighted by Crippen LogP contribution is -2.36. The second-order valence-corrected chi connectivity index (χ2v) is 4.87. The summed E-state index contributed by atoms with van der Waals surface area (Å²) in [5.41, 5.74) is 1.20. The van der Waals surface area contributed by atoms with Crippen LogP contribution in [-0.4, -0.2) is 37.3 Å². The summed E-state index contributed by atoms with van der Waals surface area (Å²) >= 11 is 0. The molecule has 0 saturated carbocycles. The number of anilines is 2. The molecule has 0 bridgehead atoms. The Balaban J connectivity index is 2.07. The van der Waals surface area contributed by atoms with Gasteiger partial charge in [-0.15, -0.1) is 0 Å². The molecule has 4 heteroatoms. The van der Waals surface area contributed by atoms with Crippen LogP contribution in [0.15, 0.2) is 18.3 Å². The van der Waals surface area contributed by atoms with E-state index in [0.29, 0.717) is 12.1 Å². The second kappa shape index (κ2) is 6.05. The van der Waals surface area contributed by atoms with E-state index >= 15 is 0 Å². The van der Waals surface area contributed by atoms with Crippen molar-refractivity contribution < 1.29 is 4.74 Å². The van der Waals surface area contributed by atoms with Gasteiger partial charge < -0.3 is 15.0 Å². The molecular formula is C14H23N3O. The van der Waals surface area contributed by atoms with Gasteiger partial charge in [0.05, 0.1) is 12.1 Å². The summed E-state index contributed by atoms with van der Waals surface area (Å²) in [7, 11) is 2.13. The summed E-state index contributed by atoms with van der Waals surface area (Å²) < 4.78 is 5.63. The Morgan fingerprint density at radius 2 is 2.39 bits per heavy atom. The van der Waals surface area contributed by atoms with Crippen LogP contribution in [0.5, 0.6) is 0 Å². The Morgan fingerprint density at radius 1 is 1.56 bits per heavy atom. The smallest absolute Gasteiger partial charge is 0.127 e. The molecule has 1 aromatic rings.